The highest BCUT2D eigenvalue weighted by Gasteiger charge is 2.37. The molecule has 0 aliphatic carbocycles. The number of hydrogen-bond acceptors (Lipinski definition) is 3. The molecule has 3 rings (SSSR count). The summed E-state index contributed by atoms with van der Waals surface area (Å²) in [6, 6.07) is 8.43. The molecule has 0 fully saturated rings. The third-order valence-electron chi connectivity index (χ3n) is 4.27. The van der Waals surface area contributed by atoms with E-state index in [2.05, 4.69) is 4.98 Å². The SMILES string of the molecule is CN(CC(F)F)C(=O)c1ccc(-c2cccn3c(=O)c(Cl)c(C(F)(F)F)nc23)cc1. The molecule has 2 aromatic heterocycles. The number of alkyl halides is 5. The summed E-state index contributed by atoms with van der Waals surface area (Å²) in [7, 11) is 1.23. The van der Waals surface area contributed by atoms with Crippen molar-refractivity contribution >= 4 is 23.2 Å². The highest BCUT2D eigenvalue weighted by atomic mass is 35.5. The number of benzene rings is 1. The van der Waals surface area contributed by atoms with Crippen molar-refractivity contribution in [2.45, 2.75) is 12.6 Å². The number of amides is 1. The third kappa shape index (κ3) is 4.13. The Morgan fingerprint density at radius 2 is 1.83 bits per heavy atom. The van der Waals surface area contributed by atoms with Gasteiger partial charge in [0.1, 0.15) is 10.7 Å². The first kappa shape index (κ1) is 21.7. The largest absolute Gasteiger partial charge is 0.435 e. The Labute approximate surface area is 171 Å². The van der Waals surface area contributed by atoms with Crippen LogP contribution in [0.15, 0.2) is 47.4 Å². The molecular weight excluding hydrogens is 433 g/mol. The van der Waals surface area contributed by atoms with Crippen LogP contribution in [0.2, 0.25) is 5.02 Å². The van der Waals surface area contributed by atoms with Gasteiger partial charge in [0.25, 0.3) is 17.9 Å². The lowest BCUT2D eigenvalue weighted by Crippen LogP contribution is -2.31. The van der Waals surface area contributed by atoms with E-state index in [1.807, 2.05) is 0 Å². The van der Waals surface area contributed by atoms with E-state index in [0.717, 1.165) is 9.30 Å². The number of nitrogens with zero attached hydrogens (tertiary/aromatic N) is 3. The molecule has 158 valence electrons. The van der Waals surface area contributed by atoms with Gasteiger partial charge in [-0.3, -0.25) is 14.0 Å². The van der Waals surface area contributed by atoms with Gasteiger partial charge in [-0.1, -0.05) is 23.7 Å². The molecule has 0 bridgehead atoms. The van der Waals surface area contributed by atoms with Crippen LogP contribution in [0.4, 0.5) is 22.0 Å². The second kappa shape index (κ2) is 8.02. The highest BCUT2D eigenvalue weighted by molar-refractivity contribution is 6.31. The van der Waals surface area contributed by atoms with Crippen molar-refractivity contribution in [3.63, 3.8) is 0 Å². The minimum atomic E-state index is -4.93. The molecular formula is C19H13ClF5N3O2. The topological polar surface area (TPSA) is 54.7 Å². The standard InChI is InChI=1S/C19H13ClF5N3O2/c1-27(9-13(21)22)17(29)11-6-4-10(5-7-11)12-3-2-8-28-16(12)26-15(19(23,24)25)14(20)18(28)30/h2-8,13H,9H2,1H3. The van der Waals surface area contributed by atoms with Gasteiger partial charge < -0.3 is 4.90 Å². The molecule has 0 atom stereocenters. The summed E-state index contributed by atoms with van der Waals surface area (Å²) in [4.78, 5) is 28.8. The van der Waals surface area contributed by atoms with E-state index in [0.29, 0.717) is 5.56 Å². The summed E-state index contributed by atoms with van der Waals surface area (Å²) < 4.78 is 65.4. The van der Waals surface area contributed by atoms with Crippen molar-refractivity contribution in [1.29, 1.82) is 0 Å². The van der Waals surface area contributed by atoms with Crippen LogP contribution in [0, 0.1) is 0 Å². The monoisotopic (exact) mass is 445 g/mol. The number of fused-ring (bicyclic) bond motifs is 1. The lowest BCUT2D eigenvalue weighted by atomic mass is 10.0. The van der Waals surface area contributed by atoms with Gasteiger partial charge in [0.15, 0.2) is 5.69 Å². The molecule has 0 saturated heterocycles. The predicted molar refractivity (Wildman–Crippen MR) is 99.9 cm³/mol. The highest BCUT2D eigenvalue weighted by Crippen LogP contribution is 2.33. The lowest BCUT2D eigenvalue weighted by Gasteiger charge is -2.17. The Morgan fingerprint density at radius 1 is 1.20 bits per heavy atom. The number of pyridine rings is 1. The van der Waals surface area contributed by atoms with Crippen LogP contribution >= 0.6 is 11.6 Å². The van der Waals surface area contributed by atoms with Crippen molar-refractivity contribution in [3.05, 3.63) is 69.2 Å². The summed E-state index contributed by atoms with van der Waals surface area (Å²) in [6.07, 6.45) is -6.38. The van der Waals surface area contributed by atoms with Gasteiger partial charge in [-0.2, -0.15) is 13.2 Å². The maximum atomic E-state index is 13.2. The molecule has 0 aliphatic rings. The molecule has 0 unspecified atom stereocenters. The zero-order valence-corrected chi connectivity index (χ0v) is 16.0. The molecule has 0 radical (unpaired) electrons. The number of carbonyl (C=O) groups is 1. The van der Waals surface area contributed by atoms with Crippen LogP contribution in [0.25, 0.3) is 16.8 Å². The van der Waals surface area contributed by atoms with Crippen molar-refractivity contribution in [2.24, 2.45) is 0 Å². The molecule has 1 amide bonds. The average Bonchev–Trinajstić information content (AvgIpc) is 2.68. The van der Waals surface area contributed by atoms with E-state index in [-0.39, 0.29) is 16.8 Å². The van der Waals surface area contributed by atoms with E-state index in [9.17, 15) is 31.5 Å². The Kier molecular flexibility index (Phi) is 5.80. The maximum absolute atomic E-state index is 13.2. The van der Waals surface area contributed by atoms with Gasteiger partial charge in [-0.25, -0.2) is 13.8 Å². The van der Waals surface area contributed by atoms with Crippen molar-refractivity contribution in [2.75, 3.05) is 13.6 Å². The van der Waals surface area contributed by atoms with E-state index in [4.69, 9.17) is 11.6 Å². The Bertz CT molecular complexity index is 1160. The zero-order chi connectivity index (χ0) is 22.2. The van der Waals surface area contributed by atoms with Gasteiger partial charge in [-0.15, -0.1) is 0 Å². The molecule has 11 heteroatoms. The van der Waals surface area contributed by atoms with Crippen molar-refractivity contribution < 1.29 is 26.7 Å². The van der Waals surface area contributed by atoms with Gasteiger partial charge in [0.2, 0.25) is 0 Å². The minimum Gasteiger partial charge on any atom is -0.336 e. The van der Waals surface area contributed by atoms with Crippen LogP contribution in [0.5, 0.6) is 0 Å². The summed E-state index contributed by atoms with van der Waals surface area (Å²) >= 11 is 5.57. The van der Waals surface area contributed by atoms with Gasteiger partial charge >= 0.3 is 6.18 Å². The molecule has 30 heavy (non-hydrogen) atoms. The molecule has 0 spiro atoms. The number of carbonyl (C=O) groups excluding carboxylic acids is 1. The second-order valence-corrected chi connectivity index (χ2v) is 6.72. The van der Waals surface area contributed by atoms with Crippen LogP contribution < -0.4 is 5.56 Å². The Morgan fingerprint density at radius 3 is 2.40 bits per heavy atom. The number of hydrogen-bond donors (Lipinski definition) is 0. The third-order valence-corrected chi connectivity index (χ3v) is 4.61. The van der Waals surface area contributed by atoms with E-state index < -0.39 is 41.3 Å². The fourth-order valence-electron chi connectivity index (χ4n) is 2.86. The average molecular weight is 446 g/mol. The number of halogens is 6. The van der Waals surface area contributed by atoms with E-state index in [1.54, 1.807) is 0 Å². The minimum absolute atomic E-state index is 0.117. The first-order chi connectivity index (χ1) is 14.0. The first-order valence-electron chi connectivity index (χ1n) is 8.43. The number of aromatic nitrogens is 2. The fourth-order valence-corrected chi connectivity index (χ4v) is 3.10. The zero-order valence-electron chi connectivity index (χ0n) is 15.3. The van der Waals surface area contributed by atoms with Crippen LogP contribution in [-0.4, -0.2) is 40.2 Å². The molecule has 1 aromatic carbocycles. The van der Waals surface area contributed by atoms with Crippen LogP contribution in [-0.2, 0) is 6.18 Å². The van der Waals surface area contributed by atoms with Gasteiger partial charge in [0.05, 0.1) is 6.54 Å². The van der Waals surface area contributed by atoms with Crippen LogP contribution in [0.1, 0.15) is 16.1 Å². The molecule has 3 aromatic rings. The molecule has 0 N–H and O–H groups in total. The van der Waals surface area contributed by atoms with Gasteiger partial charge in [-0.05, 0) is 29.8 Å². The van der Waals surface area contributed by atoms with Crippen molar-refractivity contribution in [1.82, 2.24) is 14.3 Å². The van der Waals surface area contributed by atoms with E-state index >= 15 is 0 Å². The molecule has 0 aliphatic heterocycles. The lowest BCUT2D eigenvalue weighted by molar-refractivity contribution is -0.141. The fraction of sp³-hybridized carbons (Fsp3) is 0.211. The second-order valence-electron chi connectivity index (χ2n) is 6.35. The predicted octanol–water partition coefficient (Wildman–Crippen LogP) is 4.37. The summed E-state index contributed by atoms with van der Waals surface area (Å²) in [5, 5.41) is -1.04. The normalized spacial score (nSPS) is 11.9. The smallest absolute Gasteiger partial charge is 0.336 e. The Hall–Kier alpha value is -3.01. The molecule has 2 heterocycles. The summed E-state index contributed by atoms with van der Waals surface area (Å²) in [6.45, 7) is -0.738. The van der Waals surface area contributed by atoms with Crippen LogP contribution in [0.3, 0.4) is 0 Å². The van der Waals surface area contributed by atoms with E-state index in [1.165, 1.54) is 49.6 Å². The van der Waals surface area contributed by atoms with Gasteiger partial charge in [0, 0.05) is 24.4 Å². The van der Waals surface area contributed by atoms with Crippen molar-refractivity contribution in [3.8, 4) is 11.1 Å². The molecule has 0 saturated carbocycles. The first-order valence-corrected chi connectivity index (χ1v) is 8.80. The maximum Gasteiger partial charge on any atom is 0.435 e. The Balaban J connectivity index is 2.08. The summed E-state index contributed by atoms with van der Waals surface area (Å²) in [5.41, 5.74) is -2.17. The quantitative estimate of drug-likeness (QED) is 0.560. The summed E-state index contributed by atoms with van der Waals surface area (Å²) in [5.74, 6) is -0.639. The molecule has 5 nitrogen and oxygen atoms in total. The number of rotatable bonds is 4.